The maximum absolute atomic E-state index is 12.7. The van der Waals surface area contributed by atoms with Crippen LogP contribution in [0, 0.1) is 5.92 Å². The van der Waals surface area contributed by atoms with Crippen molar-refractivity contribution in [1.29, 1.82) is 0 Å². The Balaban J connectivity index is 1.75. The summed E-state index contributed by atoms with van der Waals surface area (Å²) in [6.07, 6.45) is 1.91. The van der Waals surface area contributed by atoms with E-state index in [4.69, 9.17) is 0 Å². The van der Waals surface area contributed by atoms with E-state index in [1.807, 2.05) is 44.2 Å². The number of benzene rings is 1. The maximum Gasteiger partial charge on any atom is 0.247 e. The van der Waals surface area contributed by atoms with Crippen molar-refractivity contribution in [1.82, 2.24) is 30.8 Å². The molecular weight excluding hydrogens is 304 g/mol. The highest BCUT2D eigenvalue weighted by Crippen LogP contribution is 2.19. The van der Waals surface area contributed by atoms with Gasteiger partial charge in [0.05, 0.1) is 0 Å². The third kappa shape index (κ3) is 3.79. The van der Waals surface area contributed by atoms with Crippen LogP contribution in [0.3, 0.4) is 0 Å². The summed E-state index contributed by atoms with van der Waals surface area (Å²) < 4.78 is 0. The van der Waals surface area contributed by atoms with E-state index >= 15 is 0 Å². The molecule has 1 amide bonds. The Morgan fingerprint density at radius 1 is 1.25 bits per heavy atom. The van der Waals surface area contributed by atoms with Gasteiger partial charge in [-0.1, -0.05) is 44.2 Å². The molecule has 0 bridgehead atoms. The molecule has 1 fully saturated rings. The minimum Gasteiger partial charge on any atom is -0.351 e. The van der Waals surface area contributed by atoms with Gasteiger partial charge in [0.25, 0.3) is 0 Å². The molecule has 2 N–H and O–H groups in total. The average molecular weight is 328 g/mol. The summed E-state index contributed by atoms with van der Waals surface area (Å²) in [5.74, 6) is 0.578. The Morgan fingerprint density at radius 2 is 1.96 bits per heavy atom. The Labute approximate surface area is 141 Å². The number of nitrogens with zero attached hydrogens (tertiary/aromatic N) is 4. The van der Waals surface area contributed by atoms with Gasteiger partial charge in [0.1, 0.15) is 0 Å². The highest BCUT2D eigenvalue weighted by atomic mass is 16.2. The van der Waals surface area contributed by atoms with Gasteiger partial charge in [-0.25, -0.2) is 0 Å². The Bertz CT molecular complexity index is 663. The lowest BCUT2D eigenvalue weighted by molar-refractivity contribution is -0.127. The summed E-state index contributed by atoms with van der Waals surface area (Å²) in [7, 11) is 0. The van der Waals surface area contributed by atoms with E-state index < -0.39 is 6.04 Å². The molecule has 2 heterocycles. The summed E-state index contributed by atoms with van der Waals surface area (Å²) in [5.41, 5.74) is 0.894. The quantitative estimate of drug-likeness (QED) is 0.867. The molecule has 7 nitrogen and oxygen atoms in total. The number of piperidine rings is 1. The molecule has 0 radical (unpaired) electrons. The van der Waals surface area contributed by atoms with Gasteiger partial charge in [-0.3, -0.25) is 4.79 Å². The summed E-state index contributed by atoms with van der Waals surface area (Å²) in [4.78, 5) is 14.2. The first-order chi connectivity index (χ1) is 11.6. The highest BCUT2D eigenvalue weighted by molar-refractivity contribution is 5.80. The number of carbonyl (C=O) groups excluding carboxylic acids is 1. The molecule has 7 heteroatoms. The molecule has 1 aliphatic heterocycles. The van der Waals surface area contributed by atoms with Crippen LogP contribution in [0.5, 0.6) is 0 Å². The normalized spacial score (nSPS) is 17.0. The lowest BCUT2D eigenvalue weighted by Gasteiger charge is -2.26. The van der Waals surface area contributed by atoms with Gasteiger partial charge >= 0.3 is 0 Å². The summed E-state index contributed by atoms with van der Waals surface area (Å²) in [6.45, 7) is 5.88. The van der Waals surface area contributed by atoms with E-state index in [0.717, 1.165) is 31.5 Å². The van der Waals surface area contributed by atoms with Gasteiger partial charge in [0.15, 0.2) is 6.04 Å². The second-order valence-electron chi connectivity index (χ2n) is 6.52. The zero-order chi connectivity index (χ0) is 16.9. The van der Waals surface area contributed by atoms with E-state index in [2.05, 4.69) is 26.0 Å². The van der Waals surface area contributed by atoms with Crippen LogP contribution in [-0.2, 0) is 4.79 Å². The van der Waals surface area contributed by atoms with Gasteiger partial charge in [-0.2, -0.15) is 4.80 Å². The van der Waals surface area contributed by atoms with Crippen LogP contribution >= 0.6 is 0 Å². The zero-order valence-corrected chi connectivity index (χ0v) is 14.1. The molecular formula is C17H24N6O. The van der Waals surface area contributed by atoms with Gasteiger partial charge in [0.2, 0.25) is 11.7 Å². The number of nitrogens with one attached hydrogen (secondary N) is 2. The molecule has 24 heavy (non-hydrogen) atoms. The molecule has 1 unspecified atom stereocenters. The number of rotatable bonds is 5. The molecule has 1 aliphatic rings. The predicted molar refractivity (Wildman–Crippen MR) is 91.2 cm³/mol. The second-order valence-corrected chi connectivity index (χ2v) is 6.52. The zero-order valence-electron chi connectivity index (χ0n) is 14.1. The van der Waals surface area contributed by atoms with E-state index in [9.17, 15) is 4.79 Å². The molecule has 0 saturated carbocycles. The summed E-state index contributed by atoms with van der Waals surface area (Å²) in [6, 6.07) is 9.43. The van der Waals surface area contributed by atoms with Crippen molar-refractivity contribution in [2.75, 3.05) is 13.1 Å². The molecule has 3 rings (SSSR count). The number of aromatic nitrogens is 4. The minimum atomic E-state index is -0.454. The van der Waals surface area contributed by atoms with Crippen molar-refractivity contribution >= 4 is 5.91 Å². The van der Waals surface area contributed by atoms with Gasteiger partial charge in [-0.05, 0) is 37.1 Å². The number of hydrogen-bond donors (Lipinski definition) is 2. The monoisotopic (exact) mass is 328 g/mol. The molecule has 1 aromatic carbocycles. The molecule has 128 valence electrons. The number of hydrogen-bond acceptors (Lipinski definition) is 5. The van der Waals surface area contributed by atoms with Crippen LogP contribution in [0.2, 0.25) is 0 Å². The first-order valence-corrected chi connectivity index (χ1v) is 8.51. The third-order valence-corrected chi connectivity index (χ3v) is 4.29. The SMILES string of the molecule is CC(C)C(C(=O)NC1CCNCC1)n1nnc(-c2ccccc2)n1. The summed E-state index contributed by atoms with van der Waals surface area (Å²) in [5, 5.41) is 19.1. The molecule has 1 aromatic heterocycles. The van der Waals surface area contributed by atoms with E-state index in [-0.39, 0.29) is 17.9 Å². The average Bonchev–Trinajstić information content (AvgIpc) is 3.06. The fraction of sp³-hybridized carbons (Fsp3) is 0.529. The second kappa shape index (κ2) is 7.53. The summed E-state index contributed by atoms with van der Waals surface area (Å²) >= 11 is 0. The molecule has 0 aliphatic carbocycles. The molecule has 0 spiro atoms. The van der Waals surface area contributed by atoms with Crippen molar-refractivity contribution in [2.24, 2.45) is 5.92 Å². The lowest BCUT2D eigenvalue weighted by Crippen LogP contribution is -2.46. The Kier molecular flexibility index (Phi) is 5.20. The van der Waals surface area contributed by atoms with Crippen molar-refractivity contribution in [3.05, 3.63) is 30.3 Å². The minimum absolute atomic E-state index is 0.0334. The van der Waals surface area contributed by atoms with Crippen LogP contribution in [0.25, 0.3) is 11.4 Å². The van der Waals surface area contributed by atoms with Gasteiger partial charge < -0.3 is 10.6 Å². The predicted octanol–water partition coefficient (Wildman–Crippen LogP) is 1.41. The first kappa shape index (κ1) is 16.6. The topological polar surface area (TPSA) is 84.7 Å². The standard InChI is InChI=1S/C17H24N6O/c1-12(2)15(17(24)19-14-8-10-18-11-9-14)23-21-16(20-22-23)13-6-4-3-5-7-13/h3-7,12,14-15,18H,8-11H2,1-2H3,(H,19,24). The van der Waals surface area contributed by atoms with Gasteiger partial charge in [0, 0.05) is 11.6 Å². The number of carbonyl (C=O) groups is 1. The van der Waals surface area contributed by atoms with Crippen LogP contribution in [0.1, 0.15) is 32.7 Å². The largest absolute Gasteiger partial charge is 0.351 e. The smallest absolute Gasteiger partial charge is 0.247 e. The Hall–Kier alpha value is -2.28. The van der Waals surface area contributed by atoms with Crippen LogP contribution in [0.15, 0.2) is 30.3 Å². The molecule has 2 aromatic rings. The van der Waals surface area contributed by atoms with Crippen LogP contribution in [0.4, 0.5) is 0 Å². The fourth-order valence-electron chi connectivity index (χ4n) is 2.97. The molecule has 1 atom stereocenters. The van der Waals surface area contributed by atoms with Gasteiger partial charge in [-0.15, -0.1) is 10.2 Å². The first-order valence-electron chi connectivity index (χ1n) is 8.51. The van der Waals surface area contributed by atoms with E-state index in [1.54, 1.807) is 0 Å². The van der Waals surface area contributed by atoms with Crippen molar-refractivity contribution in [2.45, 2.75) is 38.8 Å². The highest BCUT2D eigenvalue weighted by Gasteiger charge is 2.29. The number of tetrazole rings is 1. The van der Waals surface area contributed by atoms with E-state index in [0.29, 0.717) is 5.82 Å². The van der Waals surface area contributed by atoms with Crippen molar-refractivity contribution in [3.63, 3.8) is 0 Å². The van der Waals surface area contributed by atoms with Crippen molar-refractivity contribution < 1.29 is 4.79 Å². The fourth-order valence-corrected chi connectivity index (χ4v) is 2.97. The Morgan fingerprint density at radius 3 is 2.62 bits per heavy atom. The third-order valence-electron chi connectivity index (χ3n) is 4.29. The number of amides is 1. The van der Waals surface area contributed by atoms with Crippen LogP contribution in [-0.4, -0.2) is 45.2 Å². The molecule has 1 saturated heterocycles. The van der Waals surface area contributed by atoms with Crippen LogP contribution < -0.4 is 10.6 Å². The van der Waals surface area contributed by atoms with Crippen molar-refractivity contribution in [3.8, 4) is 11.4 Å². The lowest BCUT2D eigenvalue weighted by atomic mass is 10.0. The maximum atomic E-state index is 12.7. The van der Waals surface area contributed by atoms with E-state index in [1.165, 1.54) is 4.80 Å².